The molecule has 2 heterocycles. The fourth-order valence-electron chi connectivity index (χ4n) is 3.59. The van der Waals surface area contributed by atoms with Crippen LogP contribution < -0.4 is 15.5 Å². The van der Waals surface area contributed by atoms with Gasteiger partial charge in [-0.15, -0.1) is 0 Å². The lowest BCUT2D eigenvalue weighted by molar-refractivity contribution is -0.121. The monoisotopic (exact) mass is 409 g/mol. The molecule has 0 radical (unpaired) electrons. The third kappa shape index (κ3) is 6.47. The van der Waals surface area contributed by atoms with Gasteiger partial charge >= 0.3 is 6.03 Å². The molecule has 1 aromatic carbocycles. The fourth-order valence-corrected chi connectivity index (χ4v) is 3.59. The maximum Gasteiger partial charge on any atom is 0.317 e. The smallest absolute Gasteiger partial charge is 0.317 e. The number of hydrogen-bond acceptors (Lipinski definition) is 4. The summed E-state index contributed by atoms with van der Waals surface area (Å²) in [5, 5.41) is 5.75. The van der Waals surface area contributed by atoms with Crippen molar-refractivity contribution >= 4 is 17.8 Å². The summed E-state index contributed by atoms with van der Waals surface area (Å²) in [6.07, 6.45) is 5.67. The van der Waals surface area contributed by atoms with E-state index in [1.807, 2.05) is 42.5 Å². The molecule has 3 amide bonds. The largest absolute Gasteiger partial charge is 0.356 e. The Balaban J connectivity index is 1.39. The number of carbonyl (C=O) groups is 2. The number of nitrogens with zero attached hydrogens (tertiary/aromatic N) is 3. The minimum Gasteiger partial charge on any atom is -0.356 e. The Morgan fingerprint density at radius 1 is 1.03 bits per heavy atom. The van der Waals surface area contributed by atoms with Gasteiger partial charge in [0.25, 0.3) is 0 Å². The molecule has 160 valence electrons. The lowest BCUT2D eigenvalue weighted by Gasteiger charge is -2.29. The van der Waals surface area contributed by atoms with Crippen LogP contribution in [-0.4, -0.2) is 48.5 Å². The molecule has 2 aromatic rings. The van der Waals surface area contributed by atoms with Crippen molar-refractivity contribution < 1.29 is 9.59 Å². The van der Waals surface area contributed by atoms with E-state index in [1.165, 1.54) is 19.3 Å². The van der Waals surface area contributed by atoms with Crippen molar-refractivity contribution in [2.45, 2.75) is 38.8 Å². The first-order valence-corrected chi connectivity index (χ1v) is 10.6. The van der Waals surface area contributed by atoms with Crippen LogP contribution in [0, 0.1) is 0 Å². The average Bonchev–Trinajstić information content (AvgIpc) is 2.79. The lowest BCUT2D eigenvalue weighted by Crippen LogP contribution is -2.38. The molecule has 2 N–H and O–H groups in total. The second-order valence-corrected chi connectivity index (χ2v) is 7.63. The number of aromatic nitrogens is 1. The number of piperidine rings is 1. The highest BCUT2D eigenvalue weighted by molar-refractivity contribution is 5.78. The van der Waals surface area contributed by atoms with Gasteiger partial charge < -0.3 is 20.4 Å². The Hall–Kier alpha value is -3.09. The normalized spacial score (nSPS) is 13.6. The third-order valence-electron chi connectivity index (χ3n) is 5.24. The molecular weight excluding hydrogens is 378 g/mol. The lowest BCUT2D eigenvalue weighted by atomic mass is 10.1. The molecule has 1 aliphatic rings. The Morgan fingerprint density at radius 3 is 2.57 bits per heavy atom. The molecule has 0 bridgehead atoms. The van der Waals surface area contributed by atoms with Crippen molar-refractivity contribution in [1.29, 1.82) is 0 Å². The van der Waals surface area contributed by atoms with Gasteiger partial charge in [-0.25, -0.2) is 9.78 Å². The third-order valence-corrected chi connectivity index (χ3v) is 5.24. The fraction of sp³-hybridized carbons (Fsp3) is 0.435. The number of pyridine rings is 1. The topological polar surface area (TPSA) is 77.6 Å². The van der Waals surface area contributed by atoms with Crippen molar-refractivity contribution in [2.75, 3.05) is 31.6 Å². The molecule has 0 aliphatic carbocycles. The number of carbonyl (C=O) groups excluding carboxylic acids is 2. The number of benzene rings is 1. The summed E-state index contributed by atoms with van der Waals surface area (Å²) in [5.74, 6) is 0.878. The van der Waals surface area contributed by atoms with E-state index in [4.69, 9.17) is 0 Å². The van der Waals surface area contributed by atoms with Gasteiger partial charge in [-0.1, -0.05) is 36.4 Å². The maximum absolute atomic E-state index is 12.2. The summed E-state index contributed by atoms with van der Waals surface area (Å²) >= 11 is 0. The molecule has 7 nitrogen and oxygen atoms in total. The van der Waals surface area contributed by atoms with E-state index < -0.39 is 0 Å². The van der Waals surface area contributed by atoms with E-state index in [-0.39, 0.29) is 18.4 Å². The quantitative estimate of drug-likeness (QED) is 0.703. The van der Waals surface area contributed by atoms with Crippen molar-refractivity contribution in [1.82, 2.24) is 20.5 Å². The number of urea groups is 1. The van der Waals surface area contributed by atoms with Crippen molar-refractivity contribution in [2.24, 2.45) is 0 Å². The molecule has 3 rings (SSSR count). The van der Waals surface area contributed by atoms with Crippen LogP contribution in [0.4, 0.5) is 10.6 Å². The van der Waals surface area contributed by atoms with Gasteiger partial charge in [0.1, 0.15) is 5.82 Å². The standard InChI is InChI=1S/C23H31N5O2/c1-27(18-19-9-4-2-5-10-19)23(30)25-14-12-21(29)26-17-20-11-8-13-24-22(20)28-15-6-3-7-16-28/h2,4-5,8-11,13H,3,6-7,12,14-18H2,1H3,(H,25,30)(H,26,29). The van der Waals surface area contributed by atoms with Crippen LogP contribution >= 0.6 is 0 Å². The number of rotatable bonds is 8. The zero-order chi connectivity index (χ0) is 21.2. The number of nitrogens with one attached hydrogen (secondary N) is 2. The Morgan fingerprint density at radius 2 is 1.80 bits per heavy atom. The second kappa shape index (κ2) is 11.2. The number of hydrogen-bond donors (Lipinski definition) is 2. The second-order valence-electron chi connectivity index (χ2n) is 7.63. The van der Waals surface area contributed by atoms with Gasteiger partial charge in [0.2, 0.25) is 5.91 Å². The zero-order valence-electron chi connectivity index (χ0n) is 17.6. The highest BCUT2D eigenvalue weighted by Gasteiger charge is 2.16. The van der Waals surface area contributed by atoms with Gasteiger partial charge in [-0.3, -0.25) is 4.79 Å². The summed E-state index contributed by atoms with van der Waals surface area (Å²) in [6, 6.07) is 13.5. The average molecular weight is 410 g/mol. The predicted octanol–water partition coefficient (Wildman–Crippen LogP) is 2.92. The van der Waals surface area contributed by atoms with E-state index in [9.17, 15) is 9.59 Å². The van der Waals surface area contributed by atoms with E-state index in [0.29, 0.717) is 19.6 Å². The van der Waals surface area contributed by atoms with Crippen molar-refractivity contribution in [3.05, 3.63) is 59.8 Å². The van der Waals surface area contributed by atoms with Crippen molar-refractivity contribution in [3.63, 3.8) is 0 Å². The summed E-state index contributed by atoms with van der Waals surface area (Å²) in [6.45, 7) is 3.30. The summed E-state index contributed by atoms with van der Waals surface area (Å²) in [4.78, 5) is 32.9. The zero-order valence-corrected chi connectivity index (χ0v) is 17.6. The molecule has 0 saturated carbocycles. The summed E-state index contributed by atoms with van der Waals surface area (Å²) in [7, 11) is 1.74. The van der Waals surface area contributed by atoms with Crippen LogP contribution in [0.15, 0.2) is 48.7 Å². The van der Waals surface area contributed by atoms with Gasteiger partial charge in [0, 0.05) is 58.0 Å². The van der Waals surface area contributed by atoms with E-state index in [1.54, 1.807) is 18.1 Å². The summed E-state index contributed by atoms with van der Waals surface area (Å²) < 4.78 is 0. The Bertz CT molecular complexity index is 821. The first-order valence-electron chi connectivity index (χ1n) is 10.6. The molecule has 1 aromatic heterocycles. The number of amides is 3. The Kier molecular flexibility index (Phi) is 8.06. The van der Waals surface area contributed by atoms with Gasteiger partial charge in [0.05, 0.1) is 0 Å². The van der Waals surface area contributed by atoms with Gasteiger partial charge in [-0.05, 0) is 30.9 Å². The summed E-state index contributed by atoms with van der Waals surface area (Å²) in [5.41, 5.74) is 2.09. The Labute approximate surface area is 178 Å². The first kappa shape index (κ1) is 21.6. The van der Waals surface area contributed by atoms with Crippen LogP contribution in [0.25, 0.3) is 0 Å². The van der Waals surface area contributed by atoms with E-state index >= 15 is 0 Å². The van der Waals surface area contributed by atoms with Gasteiger partial charge in [-0.2, -0.15) is 0 Å². The molecular formula is C23H31N5O2. The molecule has 1 saturated heterocycles. The SMILES string of the molecule is CN(Cc1ccccc1)C(=O)NCCC(=O)NCc1cccnc1N1CCCCC1. The highest BCUT2D eigenvalue weighted by atomic mass is 16.2. The molecule has 1 aliphatic heterocycles. The molecule has 0 spiro atoms. The molecule has 1 fully saturated rings. The van der Waals surface area contributed by atoms with Crippen LogP contribution in [0.2, 0.25) is 0 Å². The van der Waals surface area contributed by atoms with Crippen LogP contribution in [0.3, 0.4) is 0 Å². The molecule has 7 heteroatoms. The van der Waals surface area contributed by atoms with E-state index in [2.05, 4.69) is 20.5 Å². The van der Waals surface area contributed by atoms with Crippen LogP contribution in [0.5, 0.6) is 0 Å². The first-order chi connectivity index (χ1) is 14.6. The van der Waals surface area contributed by atoms with Crippen molar-refractivity contribution in [3.8, 4) is 0 Å². The minimum atomic E-state index is -0.189. The van der Waals surface area contributed by atoms with Crippen LogP contribution in [-0.2, 0) is 17.9 Å². The van der Waals surface area contributed by atoms with Crippen LogP contribution in [0.1, 0.15) is 36.8 Å². The molecule has 0 unspecified atom stereocenters. The molecule has 30 heavy (non-hydrogen) atoms. The minimum absolute atomic E-state index is 0.0885. The number of anilines is 1. The van der Waals surface area contributed by atoms with E-state index in [0.717, 1.165) is 30.0 Å². The molecule has 0 atom stereocenters. The highest BCUT2D eigenvalue weighted by Crippen LogP contribution is 2.21. The maximum atomic E-state index is 12.2. The van der Waals surface area contributed by atoms with Gasteiger partial charge in [0.15, 0.2) is 0 Å². The predicted molar refractivity (Wildman–Crippen MR) is 118 cm³/mol.